The van der Waals surface area contributed by atoms with Crippen LogP contribution in [0.3, 0.4) is 0 Å². The Bertz CT molecular complexity index is 786. The first-order chi connectivity index (χ1) is 12.1. The second-order valence-electron chi connectivity index (χ2n) is 7.47. The summed E-state index contributed by atoms with van der Waals surface area (Å²) in [5, 5.41) is 11.2. The van der Waals surface area contributed by atoms with E-state index in [0.717, 1.165) is 61.1 Å². The standard InChI is InChI=1S/C20H26N4O/c1-14-17-10-3-4-11-18(17)19(22-21-14)24-12-6-9-16(13-24)23(2)20(25)15-7-5-8-15/h3-4,10-11,15-16H,5-9,12-13H2,1-2H3. The number of aromatic nitrogens is 2. The summed E-state index contributed by atoms with van der Waals surface area (Å²) < 4.78 is 0. The highest BCUT2D eigenvalue weighted by molar-refractivity contribution is 5.93. The van der Waals surface area contributed by atoms with Crippen molar-refractivity contribution in [2.24, 2.45) is 5.92 Å². The van der Waals surface area contributed by atoms with Gasteiger partial charge in [0.2, 0.25) is 5.91 Å². The quantitative estimate of drug-likeness (QED) is 0.862. The van der Waals surface area contributed by atoms with Gasteiger partial charge in [0.1, 0.15) is 0 Å². The van der Waals surface area contributed by atoms with Crippen LogP contribution in [0, 0.1) is 12.8 Å². The number of nitrogens with zero attached hydrogens (tertiary/aromatic N) is 4. The molecule has 1 aliphatic carbocycles. The fourth-order valence-electron chi connectivity index (χ4n) is 4.04. The van der Waals surface area contributed by atoms with E-state index < -0.39 is 0 Å². The topological polar surface area (TPSA) is 49.3 Å². The Morgan fingerprint density at radius 3 is 2.60 bits per heavy atom. The highest BCUT2D eigenvalue weighted by Gasteiger charge is 2.33. The second-order valence-corrected chi connectivity index (χ2v) is 7.47. The predicted molar refractivity (Wildman–Crippen MR) is 99.6 cm³/mol. The zero-order valence-electron chi connectivity index (χ0n) is 15.1. The van der Waals surface area contributed by atoms with Crippen LogP contribution in [0.4, 0.5) is 5.82 Å². The summed E-state index contributed by atoms with van der Waals surface area (Å²) in [4.78, 5) is 16.9. The molecule has 2 fully saturated rings. The monoisotopic (exact) mass is 338 g/mol. The molecule has 1 atom stereocenters. The van der Waals surface area contributed by atoms with Gasteiger partial charge in [0, 0.05) is 42.9 Å². The SMILES string of the molecule is Cc1nnc(N2CCCC(N(C)C(=O)C3CCC3)C2)c2ccccc12. The summed E-state index contributed by atoms with van der Waals surface area (Å²) in [6.45, 7) is 3.82. The van der Waals surface area contributed by atoms with Gasteiger partial charge in [-0.15, -0.1) is 5.10 Å². The van der Waals surface area contributed by atoms with Gasteiger partial charge in [-0.25, -0.2) is 0 Å². The van der Waals surface area contributed by atoms with Gasteiger partial charge in [-0.2, -0.15) is 5.10 Å². The fourth-order valence-corrected chi connectivity index (χ4v) is 4.04. The number of piperidine rings is 1. The maximum atomic E-state index is 12.6. The van der Waals surface area contributed by atoms with Crippen LogP contribution in [0.5, 0.6) is 0 Å². The van der Waals surface area contributed by atoms with Crippen LogP contribution in [-0.2, 0) is 4.79 Å². The van der Waals surface area contributed by atoms with Crippen molar-refractivity contribution in [2.75, 3.05) is 25.0 Å². The maximum Gasteiger partial charge on any atom is 0.225 e. The zero-order valence-corrected chi connectivity index (χ0v) is 15.1. The van der Waals surface area contributed by atoms with Crippen molar-refractivity contribution in [1.82, 2.24) is 15.1 Å². The second kappa shape index (κ2) is 6.62. The van der Waals surface area contributed by atoms with E-state index in [1.165, 1.54) is 6.42 Å². The van der Waals surface area contributed by atoms with Crippen LogP contribution in [-0.4, -0.2) is 47.2 Å². The van der Waals surface area contributed by atoms with Crippen molar-refractivity contribution in [3.8, 4) is 0 Å². The van der Waals surface area contributed by atoms with E-state index in [4.69, 9.17) is 0 Å². The number of likely N-dealkylation sites (N-methyl/N-ethyl adjacent to an activating group) is 1. The molecule has 1 aliphatic heterocycles. The molecule has 2 aromatic rings. The Hall–Kier alpha value is -2.17. The molecule has 0 bridgehead atoms. The van der Waals surface area contributed by atoms with E-state index in [1.807, 2.05) is 24.9 Å². The molecule has 0 spiro atoms. The van der Waals surface area contributed by atoms with Gasteiger partial charge >= 0.3 is 0 Å². The van der Waals surface area contributed by atoms with Gasteiger partial charge in [-0.1, -0.05) is 30.7 Å². The van der Waals surface area contributed by atoms with Gasteiger partial charge in [-0.3, -0.25) is 4.79 Å². The van der Waals surface area contributed by atoms with Crippen LogP contribution in [0.25, 0.3) is 10.8 Å². The molecule has 2 heterocycles. The van der Waals surface area contributed by atoms with E-state index in [2.05, 4.69) is 33.3 Å². The van der Waals surface area contributed by atoms with Crippen molar-refractivity contribution in [3.05, 3.63) is 30.0 Å². The summed E-state index contributed by atoms with van der Waals surface area (Å²) in [5.41, 5.74) is 0.963. The lowest BCUT2D eigenvalue weighted by Crippen LogP contribution is -2.51. The van der Waals surface area contributed by atoms with E-state index in [1.54, 1.807) is 0 Å². The van der Waals surface area contributed by atoms with E-state index in [0.29, 0.717) is 5.91 Å². The zero-order chi connectivity index (χ0) is 17.4. The first-order valence-corrected chi connectivity index (χ1v) is 9.39. The Morgan fingerprint density at radius 2 is 1.88 bits per heavy atom. The van der Waals surface area contributed by atoms with E-state index >= 15 is 0 Å². The highest BCUT2D eigenvalue weighted by Crippen LogP contribution is 2.31. The van der Waals surface area contributed by atoms with Gasteiger partial charge in [0.05, 0.1) is 5.69 Å². The molecule has 5 heteroatoms. The third-order valence-corrected chi connectivity index (χ3v) is 5.90. The normalized spacial score (nSPS) is 21.2. The summed E-state index contributed by atoms with van der Waals surface area (Å²) in [6, 6.07) is 8.60. The number of carbonyl (C=O) groups excluding carboxylic acids is 1. The van der Waals surface area contributed by atoms with Gasteiger partial charge in [-0.05, 0) is 32.6 Å². The van der Waals surface area contributed by atoms with Crippen molar-refractivity contribution >= 4 is 22.5 Å². The summed E-state index contributed by atoms with van der Waals surface area (Å²) >= 11 is 0. The Labute approximate surface area is 149 Å². The third-order valence-electron chi connectivity index (χ3n) is 5.90. The first-order valence-electron chi connectivity index (χ1n) is 9.39. The van der Waals surface area contributed by atoms with Crippen LogP contribution in [0.2, 0.25) is 0 Å². The van der Waals surface area contributed by atoms with E-state index in [9.17, 15) is 4.79 Å². The molecule has 0 N–H and O–H groups in total. The largest absolute Gasteiger partial charge is 0.353 e. The average molecular weight is 338 g/mol. The lowest BCUT2D eigenvalue weighted by atomic mass is 9.84. The molecule has 1 saturated carbocycles. The van der Waals surface area contributed by atoms with Gasteiger partial charge in [0.15, 0.2) is 5.82 Å². The Morgan fingerprint density at radius 1 is 1.12 bits per heavy atom. The summed E-state index contributed by atoms with van der Waals surface area (Å²) in [6.07, 6.45) is 5.48. The molecule has 1 saturated heterocycles. The van der Waals surface area contributed by atoms with Crippen molar-refractivity contribution in [1.29, 1.82) is 0 Å². The lowest BCUT2D eigenvalue weighted by Gasteiger charge is -2.40. The molecule has 0 radical (unpaired) electrons. The molecule has 4 rings (SSSR count). The molecule has 132 valence electrons. The average Bonchev–Trinajstić information content (AvgIpc) is 2.60. The van der Waals surface area contributed by atoms with Crippen molar-refractivity contribution in [3.63, 3.8) is 0 Å². The fraction of sp³-hybridized carbons (Fsp3) is 0.550. The number of carbonyl (C=O) groups is 1. The minimum Gasteiger partial charge on any atom is -0.353 e. The van der Waals surface area contributed by atoms with Gasteiger partial charge < -0.3 is 9.80 Å². The summed E-state index contributed by atoms with van der Waals surface area (Å²) in [5.74, 6) is 1.55. The van der Waals surface area contributed by atoms with Crippen LogP contribution in [0.15, 0.2) is 24.3 Å². The number of rotatable bonds is 3. The van der Waals surface area contributed by atoms with Crippen LogP contribution >= 0.6 is 0 Å². The number of anilines is 1. The Balaban J connectivity index is 1.57. The maximum absolute atomic E-state index is 12.6. The molecule has 1 amide bonds. The molecule has 2 aliphatic rings. The molecule has 25 heavy (non-hydrogen) atoms. The lowest BCUT2D eigenvalue weighted by molar-refractivity contribution is -0.139. The number of amides is 1. The molecule has 1 unspecified atom stereocenters. The molecule has 1 aromatic carbocycles. The van der Waals surface area contributed by atoms with Crippen LogP contribution in [0.1, 0.15) is 37.8 Å². The minimum atomic E-state index is 0.264. The van der Waals surface area contributed by atoms with Crippen LogP contribution < -0.4 is 4.90 Å². The molecule has 5 nitrogen and oxygen atoms in total. The third kappa shape index (κ3) is 2.96. The smallest absolute Gasteiger partial charge is 0.225 e. The van der Waals surface area contributed by atoms with Crippen molar-refractivity contribution < 1.29 is 4.79 Å². The molecular weight excluding hydrogens is 312 g/mol. The highest BCUT2D eigenvalue weighted by atomic mass is 16.2. The van der Waals surface area contributed by atoms with Crippen molar-refractivity contribution in [2.45, 2.75) is 45.1 Å². The summed E-state index contributed by atoms with van der Waals surface area (Å²) in [7, 11) is 1.98. The van der Waals surface area contributed by atoms with E-state index in [-0.39, 0.29) is 12.0 Å². The minimum absolute atomic E-state index is 0.264. The predicted octanol–water partition coefficient (Wildman–Crippen LogP) is 3.17. The number of hydrogen-bond donors (Lipinski definition) is 0. The number of aryl methyl sites for hydroxylation is 1. The first kappa shape index (κ1) is 16.3. The number of hydrogen-bond acceptors (Lipinski definition) is 4. The number of fused-ring (bicyclic) bond motifs is 1. The molecular formula is C20H26N4O. The number of benzene rings is 1. The molecule has 1 aromatic heterocycles. The van der Waals surface area contributed by atoms with Gasteiger partial charge in [0.25, 0.3) is 0 Å². The Kier molecular flexibility index (Phi) is 4.32.